The maximum absolute atomic E-state index is 11.8. The van der Waals surface area contributed by atoms with Gasteiger partial charge in [-0.3, -0.25) is 6.29 Å². The van der Waals surface area contributed by atoms with E-state index < -0.39 is 0 Å². The van der Waals surface area contributed by atoms with E-state index in [1.165, 1.54) is 44.1 Å². The number of nitrogens with two attached hydrogens (primary N) is 1. The van der Waals surface area contributed by atoms with Gasteiger partial charge in [0.15, 0.2) is 0 Å². The smallest absolute Gasteiger partial charge is 0.541 e. The molecule has 1 aromatic rings. The number of aliphatic hydroxyl groups excluding tert-OH is 1. The Morgan fingerprint density at radius 2 is 1.72 bits per heavy atom. The molecule has 0 heterocycles. The van der Waals surface area contributed by atoms with E-state index >= 15 is 0 Å². The van der Waals surface area contributed by atoms with Crippen molar-refractivity contribution in [3.05, 3.63) is 35.9 Å². The topological polar surface area (TPSA) is 63.3 Å². The van der Waals surface area contributed by atoms with Crippen LogP contribution in [0.25, 0.3) is 0 Å². The number of rotatable bonds is 3. The maximum atomic E-state index is 11.8. The summed E-state index contributed by atoms with van der Waals surface area (Å²) in [6, 6.07) is 11.3. The van der Waals surface area contributed by atoms with Gasteiger partial charge in [0, 0.05) is 23.5 Å². The van der Waals surface area contributed by atoms with Gasteiger partial charge in [0.05, 0.1) is 0 Å². The number of benzene rings is 1. The second kappa shape index (κ2) is 7.74. The molecule has 5 aliphatic carbocycles. The molecule has 4 heteroatoms. The average molecular weight is 404 g/mol. The summed E-state index contributed by atoms with van der Waals surface area (Å²) >= 11 is 0. The summed E-state index contributed by atoms with van der Waals surface area (Å²) < 4.78 is 0. The predicted molar refractivity (Wildman–Crippen MR) is 110 cm³/mol. The van der Waals surface area contributed by atoms with E-state index in [2.05, 4.69) is 36.6 Å². The Morgan fingerprint density at radius 3 is 2.31 bits per heavy atom. The van der Waals surface area contributed by atoms with Crippen molar-refractivity contribution in [1.82, 2.24) is 0 Å². The minimum absolute atomic E-state index is 0. The van der Waals surface area contributed by atoms with Crippen LogP contribution in [0.1, 0.15) is 76.2 Å². The Hall–Kier alpha value is -0.190. The molecule has 5 atom stereocenters. The Labute approximate surface area is 197 Å². The zero-order valence-electron chi connectivity index (χ0n) is 18.0. The number of fused-ring (bicyclic) bond motifs is 2. The number of hydrogen-bond donors (Lipinski definition) is 2. The van der Waals surface area contributed by atoms with Crippen LogP contribution in [-0.4, -0.2) is 24.0 Å². The largest absolute Gasteiger partial charge is 1.00 e. The van der Waals surface area contributed by atoms with Gasteiger partial charge in [-0.15, -0.1) is 5.41 Å². The molecule has 5 fully saturated rings. The molecular formula is C25H34NNaO2. The van der Waals surface area contributed by atoms with Crippen LogP contribution < -0.4 is 35.3 Å². The molecule has 0 amide bonds. The van der Waals surface area contributed by atoms with Crippen molar-refractivity contribution < 1.29 is 39.5 Å². The fourth-order valence-corrected chi connectivity index (χ4v) is 8.59. The van der Waals surface area contributed by atoms with E-state index in [0.29, 0.717) is 18.6 Å². The van der Waals surface area contributed by atoms with Crippen molar-refractivity contribution in [2.24, 2.45) is 27.9 Å². The van der Waals surface area contributed by atoms with Gasteiger partial charge in [0.25, 0.3) is 0 Å². The van der Waals surface area contributed by atoms with Gasteiger partial charge >= 0.3 is 29.6 Å². The van der Waals surface area contributed by atoms with Crippen LogP contribution in [-0.2, 0) is 10.2 Å². The summed E-state index contributed by atoms with van der Waals surface area (Å²) in [7, 11) is 0. The molecule has 5 unspecified atom stereocenters. The maximum Gasteiger partial charge on any atom is 1.00 e. The Morgan fingerprint density at radius 1 is 1.00 bits per heavy atom. The molecule has 0 saturated heterocycles. The van der Waals surface area contributed by atoms with Crippen LogP contribution >= 0.6 is 0 Å². The first-order valence-electron chi connectivity index (χ1n) is 11.3. The zero-order chi connectivity index (χ0) is 19.5. The minimum Gasteiger partial charge on any atom is -0.541 e. The monoisotopic (exact) mass is 403 g/mol. The third-order valence-electron chi connectivity index (χ3n) is 9.34. The van der Waals surface area contributed by atoms with Gasteiger partial charge in [0.2, 0.25) is 0 Å². The molecule has 152 valence electrons. The number of carbonyl (C=O) groups excluding carboxylic acids is 1. The van der Waals surface area contributed by atoms with Crippen molar-refractivity contribution in [3.8, 4) is 0 Å². The van der Waals surface area contributed by atoms with Gasteiger partial charge in [-0.1, -0.05) is 68.9 Å². The molecule has 1 aromatic carbocycles. The minimum atomic E-state index is -0.230. The molecule has 3 bridgehead atoms. The van der Waals surface area contributed by atoms with Crippen molar-refractivity contribution in [2.75, 3.05) is 6.61 Å². The van der Waals surface area contributed by atoms with Gasteiger partial charge < -0.3 is 15.6 Å². The van der Waals surface area contributed by atoms with E-state index in [4.69, 9.17) is 5.73 Å². The Bertz CT molecular complexity index is 750. The second-order valence-electron chi connectivity index (χ2n) is 10.8. The molecule has 0 radical (unpaired) electrons. The average Bonchev–Trinajstić information content (AvgIpc) is 3.02. The molecule has 5 aliphatic rings. The Kier molecular flexibility index (Phi) is 5.88. The molecule has 0 aromatic heterocycles. The van der Waals surface area contributed by atoms with Crippen molar-refractivity contribution in [1.29, 1.82) is 0 Å². The van der Waals surface area contributed by atoms with Crippen LogP contribution in [0, 0.1) is 22.2 Å². The third-order valence-corrected chi connectivity index (χ3v) is 9.34. The van der Waals surface area contributed by atoms with Gasteiger partial charge in [-0.05, 0) is 49.0 Å². The normalized spacial score (nSPS) is 44.1. The van der Waals surface area contributed by atoms with Crippen LogP contribution in [0.15, 0.2) is 30.3 Å². The van der Waals surface area contributed by atoms with Crippen molar-refractivity contribution in [2.45, 2.75) is 82.1 Å². The number of hydrogen-bond acceptors (Lipinski definition) is 3. The molecule has 6 rings (SSSR count). The molecule has 29 heavy (non-hydrogen) atoms. The summed E-state index contributed by atoms with van der Waals surface area (Å²) in [4.78, 5) is 11.8. The van der Waals surface area contributed by atoms with Crippen LogP contribution in [0.5, 0.6) is 0 Å². The van der Waals surface area contributed by atoms with Crippen LogP contribution in [0.2, 0.25) is 0 Å². The van der Waals surface area contributed by atoms with Crippen molar-refractivity contribution in [3.63, 3.8) is 0 Å². The molecule has 5 saturated carbocycles. The SMILES string of the molecule is NC1CCCCC1.O=[C-]C12CC3CC4(CO)CC(c5ccccc5)(C1)C4(C3)C2.[Na+]. The van der Waals surface area contributed by atoms with E-state index in [0.717, 1.165) is 32.1 Å². The summed E-state index contributed by atoms with van der Waals surface area (Å²) in [6.45, 7) is 0.299. The summed E-state index contributed by atoms with van der Waals surface area (Å²) in [5.74, 6) is 0.625. The number of aliphatic hydroxyl groups is 1. The standard InChI is InChI=1S/C19H21O2.C6H13N.Na/c20-12-16-6-14-7-17(13-21)11-18(9-16,19(17,8-14)10-16)15-4-2-1-3-5-15;7-6-4-2-1-3-5-6;/h1-5,14,21H,6-11,13H2;6H,1-5,7H2;/q-1;;+1. The molecule has 3 nitrogen and oxygen atoms in total. The molecule has 0 aliphatic heterocycles. The third kappa shape index (κ3) is 2.98. The van der Waals surface area contributed by atoms with Gasteiger partial charge in [0.1, 0.15) is 0 Å². The fourth-order valence-electron chi connectivity index (χ4n) is 8.59. The molecule has 1 spiro atoms. The molecule has 3 N–H and O–H groups in total. The Balaban J connectivity index is 0.000000220. The van der Waals surface area contributed by atoms with Gasteiger partial charge in [-0.25, -0.2) is 0 Å². The predicted octanol–water partition coefficient (Wildman–Crippen LogP) is 1.28. The summed E-state index contributed by atoms with van der Waals surface area (Å²) in [5, 5.41) is 10.1. The van der Waals surface area contributed by atoms with E-state index in [-0.39, 0.29) is 51.2 Å². The second-order valence-corrected chi connectivity index (χ2v) is 10.8. The first-order valence-corrected chi connectivity index (χ1v) is 11.3. The van der Waals surface area contributed by atoms with Crippen molar-refractivity contribution >= 4 is 6.29 Å². The first kappa shape index (κ1) is 22.0. The summed E-state index contributed by atoms with van der Waals surface area (Å²) in [6.07, 6.45) is 15.5. The van der Waals surface area contributed by atoms with Crippen LogP contribution in [0.4, 0.5) is 0 Å². The summed E-state index contributed by atoms with van der Waals surface area (Å²) in [5.41, 5.74) is 7.18. The van der Waals surface area contributed by atoms with E-state index in [1.807, 2.05) is 0 Å². The van der Waals surface area contributed by atoms with E-state index in [1.54, 1.807) is 0 Å². The quantitative estimate of drug-likeness (QED) is 0.590. The van der Waals surface area contributed by atoms with Gasteiger partial charge in [-0.2, -0.15) is 0 Å². The molecular weight excluding hydrogens is 369 g/mol. The van der Waals surface area contributed by atoms with E-state index in [9.17, 15) is 9.90 Å². The van der Waals surface area contributed by atoms with Crippen LogP contribution in [0.3, 0.4) is 0 Å². The zero-order valence-corrected chi connectivity index (χ0v) is 20.0. The first-order chi connectivity index (χ1) is 13.5. The fraction of sp³-hybridized carbons (Fsp3) is 0.720.